The number of benzene rings is 1. The minimum atomic E-state index is 0.371. The summed E-state index contributed by atoms with van der Waals surface area (Å²) in [6.45, 7) is 6.68. The van der Waals surface area contributed by atoms with E-state index in [2.05, 4.69) is 31.3 Å². The van der Waals surface area contributed by atoms with Gasteiger partial charge in [0.25, 0.3) is 0 Å². The summed E-state index contributed by atoms with van der Waals surface area (Å²) in [7, 11) is 1.72. The molecule has 1 unspecified atom stereocenters. The molecule has 0 aliphatic heterocycles. The molecular formula is C15H25NO2. The number of nitrogens with one attached hydrogen (secondary N) is 1. The van der Waals surface area contributed by atoms with E-state index in [0.717, 1.165) is 31.9 Å². The van der Waals surface area contributed by atoms with Gasteiger partial charge in [0.05, 0.1) is 13.2 Å². The molecule has 0 amide bonds. The largest absolute Gasteiger partial charge is 0.494 e. The average Bonchev–Trinajstić information content (AvgIpc) is 2.38. The quantitative estimate of drug-likeness (QED) is 0.684. The Hall–Kier alpha value is -1.06. The lowest BCUT2D eigenvalue weighted by atomic mass is 10.2. The number of methoxy groups -OCH3 is 1. The summed E-state index contributed by atoms with van der Waals surface area (Å²) in [6, 6.07) is 8.65. The van der Waals surface area contributed by atoms with E-state index in [0.29, 0.717) is 6.04 Å². The monoisotopic (exact) mass is 251 g/mol. The van der Waals surface area contributed by atoms with Crippen molar-refractivity contribution in [1.29, 1.82) is 0 Å². The van der Waals surface area contributed by atoms with Gasteiger partial charge in [0.1, 0.15) is 5.75 Å². The van der Waals surface area contributed by atoms with Crippen LogP contribution >= 0.6 is 0 Å². The molecular weight excluding hydrogens is 226 g/mol. The topological polar surface area (TPSA) is 30.5 Å². The maximum Gasteiger partial charge on any atom is 0.119 e. The van der Waals surface area contributed by atoms with E-state index in [9.17, 15) is 0 Å². The lowest BCUT2D eigenvalue weighted by Gasteiger charge is -2.13. The molecule has 0 spiro atoms. The van der Waals surface area contributed by atoms with E-state index >= 15 is 0 Å². The molecule has 3 heteroatoms. The van der Waals surface area contributed by atoms with Gasteiger partial charge >= 0.3 is 0 Å². The SMILES string of the molecule is CCCCOc1ccc(CNC(C)COC)cc1. The molecule has 102 valence electrons. The van der Waals surface area contributed by atoms with Gasteiger partial charge in [-0.05, 0) is 31.0 Å². The van der Waals surface area contributed by atoms with Crippen LogP contribution in [-0.2, 0) is 11.3 Å². The van der Waals surface area contributed by atoms with Crippen LogP contribution < -0.4 is 10.1 Å². The molecule has 0 bridgehead atoms. The van der Waals surface area contributed by atoms with Crippen LogP contribution in [0.2, 0.25) is 0 Å². The number of rotatable bonds is 9. The zero-order valence-corrected chi connectivity index (χ0v) is 11.7. The Balaban J connectivity index is 2.31. The molecule has 1 rings (SSSR count). The Bertz CT molecular complexity index is 311. The highest BCUT2D eigenvalue weighted by atomic mass is 16.5. The molecule has 1 N–H and O–H groups in total. The van der Waals surface area contributed by atoms with Crippen LogP contribution in [0.25, 0.3) is 0 Å². The van der Waals surface area contributed by atoms with Crippen molar-refractivity contribution >= 4 is 0 Å². The van der Waals surface area contributed by atoms with Crippen molar-refractivity contribution < 1.29 is 9.47 Å². The van der Waals surface area contributed by atoms with Crippen molar-refractivity contribution in [2.24, 2.45) is 0 Å². The summed E-state index contributed by atoms with van der Waals surface area (Å²) in [6.07, 6.45) is 2.28. The molecule has 3 nitrogen and oxygen atoms in total. The van der Waals surface area contributed by atoms with Crippen molar-refractivity contribution in [1.82, 2.24) is 5.32 Å². The van der Waals surface area contributed by atoms with E-state index in [1.807, 2.05) is 12.1 Å². The second kappa shape index (κ2) is 8.95. The Morgan fingerprint density at radius 1 is 1.22 bits per heavy atom. The molecule has 0 radical (unpaired) electrons. The Morgan fingerprint density at radius 2 is 1.94 bits per heavy atom. The van der Waals surface area contributed by atoms with Gasteiger partial charge in [-0.3, -0.25) is 0 Å². The predicted molar refractivity (Wildman–Crippen MR) is 75.0 cm³/mol. The maximum absolute atomic E-state index is 5.63. The zero-order chi connectivity index (χ0) is 13.2. The lowest BCUT2D eigenvalue weighted by Crippen LogP contribution is -2.29. The third kappa shape index (κ3) is 6.03. The first kappa shape index (κ1) is 15.0. The summed E-state index contributed by atoms with van der Waals surface area (Å²) < 4.78 is 10.7. The lowest BCUT2D eigenvalue weighted by molar-refractivity contribution is 0.171. The Morgan fingerprint density at radius 3 is 2.56 bits per heavy atom. The van der Waals surface area contributed by atoms with Gasteiger partial charge in [0.15, 0.2) is 0 Å². The van der Waals surface area contributed by atoms with Crippen molar-refractivity contribution in [3.63, 3.8) is 0 Å². The van der Waals surface area contributed by atoms with Crippen LogP contribution in [0.15, 0.2) is 24.3 Å². The summed E-state index contributed by atoms with van der Waals surface area (Å²) in [5.74, 6) is 0.956. The summed E-state index contributed by atoms with van der Waals surface area (Å²) in [4.78, 5) is 0. The summed E-state index contributed by atoms with van der Waals surface area (Å²) in [5.41, 5.74) is 1.26. The first-order valence-corrected chi connectivity index (χ1v) is 6.70. The highest BCUT2D eigenvalue weighted by Gasteiger charge is 2.00. The smallest absolute Gasteiger partial charge is 0.119 e. The second-order valence-electron chi connectivity index (χ2n) is 4.58. The molecule has 0 fully saturated rings. The third-order valence-corrected chi connectivity index (χ3v) is 2.76. The van der Waals surface area contributed by atoms with E-state index in [-0.39, 0.29) is 0 Å². The van der Waals surface area contributed by atoms with Crippen molar-refractivity contribution in [3.8, 4) is 5.75 Å². The van der Waals surface area contributed by atoms with Gasteiger partial charge in [-0.1, -0.05) is 25.5 Å². The molecule has 0 saturated heterocycles. The van der Waals surface area contributed by atoms with Crippen LogP contribution in [0.1, 0.15) is 32.3 Å². The van der Waals surface area contributed by atoms with Crippen molar-refractivity contribution in [2.75, 3.05) is 20.3 Å². The van der Waals surface area contributed by atoms with Crippen LogP contribution in [-0.4, -0.2) is 26.4 Å². The fraction of sp³-hybridized carbons (Fsp3) is 0.600. The molecule has 0 heterocycles. The zero-order valence-electron chi connectivity index (χ0n) is 11.7. The minimum absolute atomic E-state index is 0.371. The Labute approximate surface area is 110 Å². The van der Waals surface area contributed by atoms with Crippen LogP contribution in [0.3, 0.4) is 0 Å². The first-order chi connectivity index (χ1) is 8.76. The Kier molecular flexibility index (Phi) is 7.46. The van der Waals surface area contributed by atoms with Gasteiger partial charge in [-0.25, -0.2) is 0 Å². The van der Waals surface area contributed by atoms with E-state index < -0.39 is 0 Å². The highest BCUT2D eigenvalue weighted by Crippen LogP contribution is 2.12. The number of hydrogen-bond acceptors (Lipinski definition) is 3. The molecule has 1 atom stereocenters. The van der Waals surface area contributed by atoms with Gasteiger partial charge in [-0.15, -0.1) is 0 Å². The minimum Gasteiger partial charge on any atom is -0.494 e. The number of hydrogen-bond donors (Lipinski definition) is 1. The summed E-state index contributed by atoms with van der Waals surface area (Å²) in [5, 5.41) is 3.41. The van der Waals surface area contributed by atoms with Crippen molar-refractivity contribution in [3.05, 3.63) is 29.8 Å². The third-order valence-electron chi connectivity index (χ3n) is 2.76. The molecule has 0 aliphatic rings. The van der Waals surface area contributed by atoms with Gasteiger partial charge < -0.3 is 14.8 Å². The van der Waals surface area contributed by atoms with E-state index in [1.54, 1.807) is 7.11 Å². The first-order valence-electron chi connectivity index (χ1n) is 6.70. The molecule has 1 aromatic rings. The summed E-state index contributed by atoms with van der Waals surface area (Å²) >= 11 is 0. The predicted octanol–water partition coefficient (Wildman–Crippen LogP) is 2.99. The number of ether oxygens (including phenoxy) is 2. The highest BCUT2D eigenvalue weighted by molar-refractivity contribution is 5.27. The van der Waals surface area contributed by atoms with Crippen LogP contribution in [0.4, 0.5) is 0 Å². The van der Waals surface area contributed by atoms with Crippen molar-refractivity contribution in [2.45, 2.75) is 39.3 Å². The molecule has 0 aliphatic carbocycles. The van der Waals surface area contributed by atoms with E-state index in [4.69, 9.17) is 9.47 Å². The molecule has 1 aromatic carbocycles. The second-order valence-corrected chi connectivity index (χ2v) is 4.58. The van der Waals surface area contributed by atoms with Gasteiger partial charge in [0, 0.05) is 19.7 Å². The number of unbranched alkanes of at least 4 members (excludes halogenated alkanes) is 1. The van der Waals surface area contributed by atoms with Gasteiger partial charge in [-0.2, -0.15) is 0 Å². The van der Waals surface area contributed by atoms with Crippen LogP contribution in [0.5, 0.6) is 5.75 Å². The maximum atomic E-state index is 5.63. The molecule has 18 heavy (non-hydrogen) atoms. The molecule has 0 saturated carbocycles. The standard InChI is InChI=1S/C15H25NO2/c1-4-5-10-18-15-8-6-14(7-9-15)11-16-13(2)12-17-3/h6-9,13,16H,4-5,10-12H2,1-3H3. The average molecular weight is 251 g/mol. The van der Waals surface area contributed by atoms with Gasteiger partial charge in [0.2, 0.25) is 0 Å². The van der Waals surface area contributed by atoms with Crippen LogP contribution in [0, 0.1) is 0 Å². The van der Waals surface area contributed by atoms with E-state index in [1.165, 1.54) is 12.0 Å². The normalized spacial score (nSPS) is 12.4. The fourth-order valence-corrected chi connectivity index (χ4v) is 1.64. The molecule has 0 aromatic heterocycles. The fourth-order valence-electron chi connectivity index (χ4n) is 1.64.